The molecule has 1 aromatic carbocycles. The number of ether oxygens (including phenoxy) is 1. The summed E-state index contributed by atoms with van der Waals surface area (Å²) < 4.78 is 33.1. The summed E-state index contributed by atoms with van der Waals surface area (Å²) in [5.41, 5.74) is 0.582. The van der Waals surface area contributed by atoms with Crippen LogP contribution < -0.4 is 5.32 Å². The molecule has 0 radical (unpaired) electrons. The zero-order valence-electron chi connectivity index (χ0n) is 14.6. The molecule has 0 bridgehead atoms. The first-order valence-corrected chi connectivity index (χ1v) is 9.19. The van der Waals surface area contributed by atoms with E-state index in [4.69, 9.17) is 4.74 Å². The number of nitrogens with one attached hydrogen (secondary N) is 1. The van der Waals surface area contributed by atoms with Crippen LogP contribution >= 0.6 is 0 Å². The highest BCUT2D eigenvalue weighted by Gasteiger charge is 2.37. The van der Waals surface area contributed by atoms with E-state index in [0.29, 0.717) is 5.41 Å². The molecule has 26 heavy (non-hydrogen) atoms. The number of benzene rings is 1. The van der Waals surface area contributed by atoms with Crippen molar-refractivity contribution in [1.29, 1.82) is 0 Å². The molecule has 1 aliphatic carbocycles. The van der Waals surface area contributed by atoms with E-state index in [1.807, 2.05) is 0 Å². The minimum Gasteiger partial charge on any atom is -0.381 e. The van der Waals surface area contributed by atoms with Crippen molar-refractivity contribution in [2.24, 2.45) is 5.41 Å². The number of fused-ring (bicyclic) bond motifs is 1. The molecule has 1 amide bonds. The lowest BCUT2D eigenvalue weighted by atomic mass is 9.68. The van der Waals surface area contributed by atoms with Crippen LogP contribution in [0.15, 0.2) is 24.4 Å². The molecule has 2 aliphatic rings. The lowest BCUT2D eigenvalue weighted by Crippen LogP contribution is -2.42. The molecule has 138 valence electrons. The Morgan fingerprint density at radius 2 is 1.81 bits per heavy atom. The maximum absolute atomic E-state index is 13.9. The van der Waals surface area contributed by atoms with E-state index in [1.165, 1.54) is 12.3 Å². The summed E-state index contributed by atoms with van der Waals surface area (Å²) in [6.07, 6.45) is 7.59. The normalized spacial score (nSPS) is 20.4. The number of nitrogens with zero attached hydrogens (tertiary/aromatic N) is 1. The second kappa shape index (κ2) is 6.91. The topological polar surface area (TPSA) is 51.2 Å². The van der Waals surface area contributed by atoms with Gasteiger partial charge in [-0.1, -0.05) is 0 Å². The monoisotopic (exact) mass is 360 g/mol. The fourth-order valence-corrected chi connectivity index (χ4v) is 4.22. The average Bonchev–Trinajstić information content (AvgIpc) is 2.67. The molecule has 4 nitrogen and oxygen atoms in total. The number of amides is 1. The molecule has 0 atom stereocenters. The summed E-state index contributed by atoms with van der Waals surface area (Å²) in [6, 6.07) is 3.58. The van der Waals surface area contributed by atoms with Crippen LogP contribution in [-0.4, -0.2) is 30.1 Å². The third kappa shape index (κ3) is 3.30. The van der Waals surface area contributed by atoms with E-state index in [2.05, 4.69) is 10.3 Å². The van der Waals surface area contributed by atoms with Gasteiger partial charge in [0.05, 0.1) is 5.56 Å². The molecule has 2 heterocycles. The zero-order chi connectivity index (χ0) is 18.1. The maximum atomic E-state index is 13.9. The van der Waals surface area contributed by atoms with Crippen LogP contribution in [0.25, 0.3) is 10.9 Å². The molecule has 2 aromatic rings. The van der Waals surface area contributed by atoms with Gasteiger partial charge >= 0.3 is 0 Å². The number of hydrogen-bond donors (Lipinski definition) is 1. The standard InChI is InChI=1S/C20H22F2N2O2/c21-16-1-2-17(22)18-15(16)11-13(12-23-18)19(25)24-14-3-5-20(6-4-14)7-9-26-10-8-20/h1-2,11-12,14H,3-10H2,(H,24,25). The van der Waals surface area contributed by atoms with Crippen LogP contribution in [0.3, 0.4) is 0 Å². The molecule has 1 aliphatic heterocycles. The number of halogens is 2. The van der Waals surface area contributed by atoms with Crippen molar-refractivity contribution < 1.29 is 18.3 Å². The van der Waals surface area contributed by atoms with Crippen molar-refractivity contribution in [3.8, 4) is 0 Å². The van der Waals surface area contributed by atoms with Gasteiger partial charge in [-0.3, -0.25) is 9.78 Å². The maximum Gasteiger partial charge on any atom is 0.253 e. The van der Waals surface area contributed by atoms with E-state index in [-0.39, 0.29) is 28.4 Å². The Bertz CT molecular complexity index is 824. The van der Waals surface area contributed by atoms with Crippen LogP contribution in [0.1, 0.15) is 48.9 Å². The summed E-state index contributed by atoms with van der Waals surface area (Å²) in [5.74, 6) is -1.46. The third-order valence-corrected chi connectivity index (χ3v) is 5.94. The molecule has 0 unspecified atom stereocenters. The van der Waals surface area contributed by atoms with Crippen LogP contribution in [0.4, 0.5) is 8.78 Å². The SMILES string of the molecule is O=C(NC1CCC2(CCOCC2)CC1)c1cnc2c(F)ccc(F)c2c1. The van der Waals surface area contributed by atoms with Crippen LogP contribution in [-0.2, 0) is 4.74 Å². The van der Waals surface area contributed by atoms with E-state index in [1.54, 1.807) is 0 Å². The van der Waals surface area contributed by atoms with Gasteiger partial charge in [-0.25, -0.2) is 8.78 Å². The highest BCUT2D eigenvalue weighted by molar-refractivity contribution is 5.97. The minimum absolute atomic E-state index is 0.0300. The van der Waals surface area contributed by atoms with Gasteiger partial charge in [0.1, 0.15) is 17.2 Å². The Balaban J connectivity index is 1.44. The smallest absolute Gasteiger partial charge is 0.253 e. The Kier molecular flexibility index (Phi) is 4.61. The highest BCUT2D eigenvalue weighted by Crippen LogP contribution is 2.44. The summed E-state index contributed by atoms with van der Waals surface area (Å²) >= 11 is 0. The number of aromatic nitrogens is 1. The zero-order valence-corrected chi connectivity index (χ0v) is 14.6. The predicted molar refractivity (Wildman–Crippen MR) is 93.9 cm³/mol. The molecule has 2 fully saturated rings. The number of carbonyl (C=O) groups is 1. The Hall–Kier alpha value is -2.08. The minimum atomic E-state index is -0.595. The van der Waals surface area contributed by atoms with Gasteiger partial charge in [0, 0.05) is 30.8 Å². The van der Waals surface area contributed by atoms with Crippen molar-refractivity contribution in [2.45, 2.75) is 44.6 Å². The number of carbonyl (C=O) groups excluding carboxylic acids is 1. The van der Waals surface area contributed by atoms with Gasteiger partial charge < -0.3 is 10.1 Å². The van der Waals surface area contributed by atoms with Crippen molar-refractivity contribution in [3.05, 3.63) is 41.6 Å². The van der Waals surface area contributed by atoms with Crippen LogP contribution in [0, 0.1) is 17.0 Å². The number of pyridine rings is 1. The van der Waals surface area contributed by atoms with Crippen molar-refractivity contribution in [2.75, 3.05) is 13.2 Å². The van der Waals surface area contributed by atoms with Gasteiger partial charge in [-0.2, -0.15) is 0 Å². The van der Waals surface area contributed by atoms with Crippen molar-refractivity contribution in [3.63, 3.8) is 0 Å². The fraction of sp³-hybridized carbons (Fsp3) is 0.500. The van der Waals surface area contributed by atoms with Gasteiger partial charge in [0.25, 0.3) is 5.91 Å². The molecule has 1 saturated carbocycles. The van der Waals surface area contributed by atoms with Gasteiger partial charge in [0.2, 0.25) is 0 Å². The second-order valence-electron chi connectivity index (χ2n) is 7.51. The summed E-state index contributed by atoms with van der Waals surface area (Å²) in [4.78, 5) is 16.5. The quantitative estimate of drug-likeness (QED) is 0.881. The van der Waals surface area contributed by atoms with Crippen molar-refractivity contribution >= 4 is 16.8 Å². The van der Waals surface area contributed by atoms with E-state index >= 15 is 0 Å². The first-order chi connectivity index (χ1) is 12.6. The molecular formula is C20H22F2N2O2. The van der Waals surface area contributed by atoms with Crippen LogP contribution in [0.5, 0.6) is 0 Å². The Morgan fingerprint density at radius 3 is 2.54 bits per heavy atom. The van der Waals surface area contributed by atoms with E-state index < -0.39 is 11.6 Å². The molecule has 1 aromatic heterocycles. The Labute approximate surface area is 150 Å². The molecule has 1 saturated heterocycles. The van der Waals surface area contributed by atoms with Gasteiger partial charge in [0.15, 0.2) is 0 Å². The van der Waals surface area contributed by atoms with E-state index in [9.17, 15) is 13.6 Å². The molecule has 1 N–H and O–H groups in total. The summed E-state index contributed by atoms with van der Waals surface area (Å²) in [7, 11) is 0. The Morgan fingerprint density at radius 1 is 1.12 bits per heavy atom. The molecule has 1 spiro atoms. The second-order valence-corrected chi connectivity index (χ2v) is 7.51. The largest absolute Gasteiger partial charge is 0.381 e. The highest BCUT2D eigenvalue weighted by atomic mass is 19.1. The summed E-state index contributed by atoms with van der Waals surface area (Å²) in [5, 5.41) is 3.06. The number of hydrogen-bond acceptors (Lipinski definition) is 3. The molecule has 4 rings (SSSR count). The number of rotatable bonds is 2. The van der Waals surface area contributed by atoms with Crippen molar-refractivity contribution in [1.82, 2.24) is 10.3 Å². The lowest BCUT2D eigenvalue weighted by Gasteiger charge is -2.42. The predicted octanol–water partition coefficient (Wildman–Crippen LogP) is 3.98. The summed E-state index contributed by atoms with van der Waals surface area (Å²) in [6.45, 7) is 1.67. The van der Waals surface area contributed by atoms with Gasteiger partial charge in [-0.05, 0) is 62.1 Å². The molecule has 6 heteroatoms. The van der Waals surface area contributed by atoms with Crippen LogP contribution in [0.2, 0.25) is 0 Å². The lowest BCUT2D eigenvalue weighted by molar-refractivity contribution is -0.00901. The average molecular weight is 360 g/mol. The van der Waals surface area contributed by atoms with E-state index in [0.717, 1.165) is 63.9 Å². The first-order valence-electron chi connectivity index (χ1n) is 9.19. The van der Waals surface area contributed by atoms with Gasteiger partial charge in [-0.15, -0.1) is 0 Å². The first kappa shape index (κ1) is 17.3. The molecular weight excluding hydrogens is 338 g/mol. The fourth-order valence-electron chi connectivity index (χ4n) is 4.22. The third-order valence-electron chi connectivity index (χ3n) is 5.94.